The molecular weight excluding hydrogens is 447 g/mol. The Morgan fingerprint density at radius 1 is 0.941 bits per heavy atom. The van der Waals surface area contributed by atoms with Gasteiger partial charge >= 0.3 is 0 Å². The average molecular weight is 479 g/mol. The third kappa shape index (κ3) is 7.73. The van der Waals surface area contributed by atoms with Gasteiger partial charge in [-0.3, -0.25) is 9.59 Å². The number of thioether (sulfide) groups is 1. The number of hydrogen-bond acceptors (Lipinski definition) is 3. The van der Waals surface area contributed by atoms with Crippen LogP contribution in [0.2, 0.25) is 0 Å². The smallest absolute Gasteiger partial charge is 0.243 e. The van der Waals surface area contributed by atoms with E-state index in [0.717, 1.165) is 23.3 Å². The standard InChI is InChI=1S/C28H31FN2O2S/c1-2-3-18-30-28(33)26(19-22-12-6-4-7-13-22)31(20-23-14-10-11-17-25(23)29)27(32)21-34-24-15-8-5-9-16-24/h4-17,26H,2-3,18-21H2,1H3,(H,30,33)/t26-/m0/s1. The number of rotatable bonds is 12. The molecule has 3 aromatic carbocycles. The Morgan fingerprint density at radius 3 is 2.26 bits per heavy atom. The van der Waals surface area contributed by atoms with Crippen LogP contribution in [0.4, 0.5) is 4.39 Å². The fourth-order valence-corrected chi connectivity index (χ4v) is 4.42. The molecule has 0 bridgehead atoms. The summed E-state index contributed by atoms with van der Waals surface area (Å²) in [4.78, 5) is 29.3. The van der Waals surface area contributed by atoms with E-state index in [2.05, 4.69) is 12.2 Å². The highest BCUT2D eigenvalue weighted by atomic mass is 32.2. The molecule has 0 aromatic heterocycles. The lowest BCUT2D eigenvalue weighted by molar-refractivity contribution is -0.139. The molecule has 0 aliphatic rings. The van der Waals surface area contributed by atoms with E-state index in [4.69, 9.17) is 0 Å². The molecular formula is C28H31FN2O2S. The summed E-state index contributed by atoms with van der Waals surface area (Å²) in [5, 5.41) is 2.98. The van der Waals surface area contributed by atoms with Gasteiger partial charge in [0.15, 0.2) is 0 Å². The van der Waals surface area contributed by atoms with Crippen molar-refractivity contribution in [3.8, 4) is 0 Å². The summed E-state index contributed by atoms with van der Waals surface area (Å²) in [6, 6.07) is 24.9. The lowest BCUT2D eigenvalue weighted by Crippen LogP contribution is -2.51. The topological polar surface area (TPSA) is 49.4 Å². The second kappa shape index (κ2) is 13.6. The van der Waals surface area contributed by atoms with Gasteiger partial charge in [-0.2, -0.15) is 0 Å². The summed E-state index contributed by atoms with van der Waals surface area (Å²) in [6.07, 6.45) is 2.17. The second-order valence-electron chi connectivity index (χ2n) is 8.06. The molecule has 3 aromatic rings. The normalized spacial score (nSPS) is 11.6. The molecule has 2 amide bonds. The van der Waals surface area contributed by atoms with Gasteiger partial charge in [-0.05, 0) is 30.2 Å². The van der Waals surface area contributed by atoms with Crippen molar-refractivity contribution in [1.82, 2.24) is 10.2 Å². The van der Waals surface area contributed by atoms with E-state index < -0.39 is 6.04 Å². The number of unbranched alkanes of at least 4 members (excludes halogenated alkanes) is 1. The number of nitrogens with zero attached hydrogens (tertiary/aromatic N) is 1. The van der Waals surface area contributed by atoms with E-state index in [9.17, 15) is 14.0 Å². The molecule has 34 heavy (non-hydrogen) atoms. The highest BCUT2D eigenvalue weighted by molar-refractivity contribution is 8.00. The minimum Gasteiger partial charge on any atom is -0.354 e. The Labute approximate surface area is 205 Å². The predicted octanol–water partition coefficient (Wildman–Crippen LogP) is 5.47. The number of nitrogens with one attached hydrogen (secondary N) is 1. The average Bonchev–Trinajstić information content (AvgIpc) is 2.87. The second-order valence-corrected chi connectivity index (χ2v) is 9.11. The summed E-state index contributed by atoms with van der Waals surface area (Å²) >= 11 is 1.41. The Kier molecular flexibility index (Phi) is 10.2. The fourth-order valence-electron chi connectivity index (χ4n) is 3.61. The zero-order chi connectivity index (χ0) is 24.2. The van der Waals surface area contributed by atoms with Crippen LogP contribution in [0.5, 0.6) is 0 Å². The summed E-state index contributed by atoms with van der Waals surface area (Å²) in [5.41, 5.74) is 1.33. The Balaban J connectivity index is 1.89. The number of carbonyl (C=O) groups excluding carboxylic acids is 2. The molecule has 0 fully saturated rings. The van der Waals surface area contributed by atoms with Gasteiger partial charge in [0, 0.05) is 30.0 Å². The summed E-state index contributed by atoms with van der Waals surface area (Å²) in [7, 11) is 0. The summed E-state index contributed by atoms with van der Waals surface area (Å²) < 4.78 is 14.6. The van der Waals surface area contributed by atoms with Crippen LogP contribution < -0.4 is 5.32 Å². The van der Waals surface area contributed by atoms with Gasteiger partial charge in [0.25, 0.3) is 0 Å². The first-order chi connectivity index (χ1) is 16.6. The van der Waals surface area contributed by atoms with Crippen molar-refractivity contribution in [2.24, 2.45) is 0 Å². The van der Waals surface area contributed by atoms with Crippen LogP contribution in [0.3, 0.4) is 0 Å². The Hall–Kier alpha value is -3.12. The van der Waals surface area contributed by atoms with Crippen molar-refractivity contribution in [2.75, 3.05) is 12.3 Å². The number of halogens is 1. The maximum atomic E-state index is 14.6. The fraction of sp³-hybridized carbons (Fsp3) is 0.286. The summed E-state index contributed by atoms with van der Waals surface area (Å²) in [5.74, 6) is -0.650. The van der Waals surface area contributed by atoms with E-state index in [1.807, 2.05) is 60.7 Å². The van der Waals surface area contributed by atoms with Gasteiger partial charge < -0.3 is 10.2 Å². The van der Waals surface area contributed by atoms with Crippen molar-refractivity contribution in [2.45, 2.75) is 43.7 Å². The molecule has 4 nitrogen and oxygen atoms in total. The van der Waals surface area contributed by atoms with Crippen molar-refractivity contribution < 1.29 is 14.0 Å². The largest absolute Gasteiger partial charge is 0.354 e. The monoisotopic (exact) mass is 478 g/mol. The predicted molar refractivity (Wildman–Crippen MR) is 136 cm³/mol. The van der Waals surface area contributed by atoms with Gasteiger partial charge in [0.2, 0.25) is 11.8 Å². The molecule has 0 heterocycles. The SMILES string of the molecule is CCCCNC(=O)[C@H](Cc1ccccc1)N(Cc1ccccc1F)C(=O)CSc1ccccc1. The van der Waals surface area contributed by atoms with E-state index in [1.165, 1.54) is 22.7 Å². The highest BCUT2D eigenvalue weighted by Crippen LogP contribution is 2.21. The zero-order valence-electron chi connectivity index (χ0n) is 19.5. The van der Waals surface area contributed by atoms with Crippen molar-refractivity contribution >= 4 is 23.6 Å². The van der Waals surface area contributed by atoms with Crippen molar-refractivity contribution in [3.05, 3.63) is 102 Å². The van der Waals surface area contributed by atoms with E-state index in [0.29, 0.717) is 18.5 Å². The molecule has 0 aliphatic carbocycles. The minimum absolute atomic E-state index is 0.0273. The number of benzene rings is 3. The number of hydrogen-bond donors (Lipinski definition) is 1. The zero-order valence-corrected chi connectivity index (χ0v) is 20.3. The van der Waals surface area contributed by atoms with Crippen molar-refractivity contribution in [3.63, 3.8) is 0 Å². The molecule has 0 radical (unpaired) electrons. The van der Waals surface area contributed by atoms with Crippen LogP contribution in [0.1, 0.15) is 30.9 Å². The third-order valence-corrected chi connectivity index (χ3v) is 6.50. The minimum atomic E-state index is -0.747. The van der Waals surface area contributed by atoms with E-state index in [1.54, 1.807) is 18.2 Å². The lowest BCUT2D eigenvalue weighted by Gasteiger charge is -2.31. The van der Waals surface area contributed by atoms with Crippen LogP contribution in [0.15, 0.2) is 89.8 Å². The molecule has 1 atom stereocenters. The maximum Gasteiger partial charge on any atom is 0.243 e. The van der Waals surface area contributed by atoms with Crippen LogP contribution in [0.25, 0.3) is 0 Å². The molecule has 0 unspecified atom stereocenters. The maximum absolute atomic E-state index is 14.6. The highest BCUT2D eigenvalue weighted by Gasteiger charge is 2.30. The molecule has 6 heteroatoms. The molecule has 0 saturated carbocycles. The molecule has 0 saturated heterocycles. The van der Waals surface area contributed by atoms with Crippen LogP contribution in [0, 0.1) is 5.82 Å². The van der Waals surface area contributed by atoms with Crippen LogP contribution in [-0.4, -0.2) is 35.1 Å². The van der Waals surface area contributed by atoms with Crippen LogP contribution >= 0.6 is 11.8 Å². The first-order valence-electron chi connectivity index (χ1n) is 11.6. The van der Waals surface area contributed by atoms with Crippen LogP contribution in [-0.2, 0) is 22.6 Å². The quantitative estimate of drug-likeness (QED) is 0.277. The van der Waals surface area contributed by atoms with Crippen molar-refractivity contribution in [1.29, 1.82) is 0 Å². The number of amides is 2. The molecule has 0 spiro atoms. The summed E-state index contributed by atoms with van der Waals surface area (Å²) in [6.45, 7) is 2.63. The molecule has 0 aliphatic heterocycles. The van der Waals surface area contributed by atoms with Gasteiger partial charge in [0.1, 0.15) is 11.9 Å². The molecule has 178 valence electrons. The van der Waals surface area contributed by atoms with Gasteiger partial charge in [-0.15, -0.1) is 11.8 Å². The van der Waals surface area contributed by atoms with E-state index >= 15 is 0 Å². The lowest BCUT2D eigenvalue weighted by atomic mass is 10.0. The molecule has 3 rings (SSSR count). The Morgan fingerprint density at radius 2 is 1.59 bits per heavy atom. The molecule has 1 N–H and O–H groups in total. The van der Waals surface area contributed by atoms with Gasteiger partial charge in [-0.25, -0.2) is 4.39 Å². The van der Waals surface area contributed by atoms with E-state index in [-0.39, 0.29) is 29.9 Å². The number of carbonyl (C=O) groups is 2. The van der Waals surface area contributed by atoms with Gasteiger partial charge in [-0.1, -0.05) is 80.1 Å². The first kappa shape index (κ1) is 25.5. The third-order valence-electron chi connectivity index (χ3n) is 5.50. The Bertz CT molecular complexity index is 1050. The van der Waals surface area contributed by atoms with Gasteiger partial charge in [0.05, 0.1) is 5.75 Å². The first-order valence-corrected chi connectivity index (χ1v) is 12.6.